The van der Waals surface area contributed by atoms with Crippen LogP contribution in [0.4, 0.5) is 10.1 Å². The van der Waals surface area contributed by atoms with Gasteiger partial charge in [0.15, 0.2) is 0 Å². The molecule has 1 heterocycles. The first kappa shape index (κ1) is 19.9. The van der Waals surface area contributed by atoms with Crippen molar-refractivity contribution in [1.29, 1.82) is 0 Å². The van der Waals surface area contributed by atoms with Crippen LogP contribution in [-0.2, 0) is 9.59 Å². The standard InChI is InChI=1S/C24H17ClFNO3/c1-14-6-8-15(9-7-14)22(28)20-21(18-4-2-3-5-19(18)25)27(24(30)23(20)29)17-12-10-16(26)11-13-17/h2-13,21,28H,1H3/t21-/m1/s1. The molecule has 1 aliphatic heterocycles. The highest BCUT2D eigenvalue weighted by molar-refractivity contribution is 6.52. The Bertz CT molecular complexity index is 1170. The molecule has 1 atom stereocenters. The number of Topliss-reactive ketones (excluding diaryl/α,β-unsaturated/α-hetero) is 1. The molecule has 4 nitrogen and oxygen atoms in total. The van der Waals surface area contributed by atoms with Gasteiger partial charge in [-0.3, -0.25) is 14.5 Å². The number of ketones is 1. The van der Waals surface area contributed by atoms with Crippen molar-refractivity contribution in [2.24, 2.45) is 0 Å². The summed E-state index contributed by atoms with van der Waals surface area (Å²) in [6, 6.07) is 18.1. The molecule has 1 fully saturated rings. The van der Waals surface area contributed by atoms with Crippen LogP contribution in [0.5, 0.6) is 0 Å². The fourth-order valence-corrected chi connectivity index (χ4v) is 3.80. The molecular formula is C24H17ClFNO3. The first-order chi connectivity index (χ1) is 14.4. The predicted octanol–water partition coefficient (Wildman–Crippen LogP) is 5.41. The van der Waals surface area contributed by atoms with Crippen molar-refractivity contribution in [1.82, 2.24) is 0 Å². The molecule has 1 N–H and O–H groups in total. The molecule has 3 aromatic carbocycles. The zero-order chi connectivity index (χ0) is 21.4. The molecule has 150 valence electrons. The second-order valence-corrected chi connectivity index (χ2v) is 7.44. The van der Waals surface area contributed by atoms with Gasteiger partial charge in [-0.25, -0.2) is 4.39 Å². The third kappa shape index (κ3) is 3.37. The molecule has 4 rings (SSSR count). The largest absolute Gasteiger partial charge is 0.507 e. The van der Waals surface area contributed by atoms with Crippen LogP contribution in [0, 0.1) is 12.7 Å². The van der Waals surface area contributed by atoms with Crippen molar-refractivity contribution in [3.8, 4) is 0 Å². The van der Waals surface area contributed by atoms with Crippen molar-refractivity contribution >= 4 is 34.7 Å². The molecule has 6 heteroatoms. The number of aliphatic hydroxyl groups excluding tert-OH is 1. The van der Waals surface area contributed by atoms with Gasteiger partial charge in [-0.1, -0.05) is 59.6 Å². The van der Waals surface area contributed by atoms with E-state index in [0.717, 1.165) is 5.56 Å². The molecule has 3 aromatic rings. The third-order valence-electron chi connectivity index (χ3n) is 5.07. The van der Waals surface area contributed by atoms with E-state index >= 15 is 0 Å². The Morgan fingerprint density at radius 2 is 1.60 bits per heavy atom. The maximum Gasteiger partial charge on any atom is 0.300 e. The number of aliphatic hydroxyl groups is 1. The van der Waals surface area contributed by atoms with Gasteiger partial charge < -0.3 is 5.11 Å². The molecule has 1 saturated heterocycles. The average Bonchev–Trinajstić information content (AvgIpc) is 3.00. The molecular weight excluding hydrogens is 405 g/mol. The molecule has 0 aliphatic carbocycles. The quantitative estimate of drug-likeness (QED) is 0.349. The zero-order valence-corrected chi connectivity index (χ0v) is 16.7. The molecule has 0 bridgehead atoms. The summed E-state index contributed by atoms with van der Waals surface area (Å²) in [6.45, 7) is 1.90. The summed E-state index contributed by atoms with van der Waals surface area (Å²) in [5.74, 6) is -2.41. The zero-order valence-electron chi connectivity index (χ0n) is 16.0. The van der Waals surface area contributed by atoms with Crippen LogP contribution in [-0.4, -0.2) is 16.8 Å². The maximum atomic E-state index is 13.4. The van der Waals surface area contributed by atoms with Crippen LogP contribution in [0.1, 0.15) is 22.7 Å². The molecule has 0 unspecified atom stereocenters. The van der Waals surface area contributed by atoms with Crippen molar-refractivity contribution in [2.75, 3.05) is 4.90 Å². The third-order valence-corrected chi connectivity index (χ3v) is 5.42. The fourth-order valence-electron chi connectivity index (χ4n) is 3.56. The van der Waals surface area contributed by atoms with Crippen molar-refractivity contribution in [2.45, 2.75) is 13.0 Å². The van der Waals surface area contributed by atoms with Crippen LogP contribution in [0.3, 0.4) is 0 Å². The molecule has 0 radical (unpaired) electrons. The van der Waals surface area contributed by atoms with Gasteiger partial charge in [0.25, 0.3) is 11.7 Å². The number of benzene rings is 3. The minimum Gasteiger partial charge on any atom is -0.507 e. The lowest BCUT2D eigenvalue weighted by Crippen LogP contribution is -2.29. The van der Waals surface area contributed by atoms with E-state index in [-0.39, 0.29) is 11.3 Å². The number of nitrogens with zero attached hydrogens (tertiary/aromatic N) is 1. The van der Waals surface area contributed by atoms with Crippen LogP contribution >= 0.6 is 11.6 Å². The number of aryl methyl sites for hydroxylation is 1. The Balaban J connectivity index is 1.96. The molecule has 0 aromatic heterocycles. The lowest BCUT2D eigenvalue weighted by atomic mass is 9.95. The van der Waals surface area contributed by atoms with Crippen molar-refractivity contribution < 1.29 is 19.1 Å². The van der Waals surface area contributed by atoms with Gasteiger partial charge in [0.05, 0.1) is 11.6 Å². The SMILES string of the molecule is Cc1ccc(C(O)=C2C(=O)C(=O)N(c3ccc(F)cc3)[C@@H]2c2ccccc2Cl)cc1. The number of anilines is 1. The Morgan fingerprint density at radius 3 is 2.23 bits per heavy atom. The highest BCUT2D eigenvalue weighted by Crippen LogP contribution is 2.44. The lowest BCUT2D eigenvalue weighted by Gasteiger charge is -2.26. The molecule has 30 heavy (non-hydrogen) atoms. The minimum absolute atomic E-state index is 0.0683. The summed E-state index contributed by atoms with van der Waals surface area (Å²) >= 11 is 6.40. The Hall–Kier alpha value is -3.44. The molecule has 1 aliphatic rings. The highest BCUT2D eigenvalue weighted by Gasteiger charge is 2.47. The van der Waals surface area contributed by atoms with Gasteiger partial charge in [-0.2, -0.15) is 0 Å². The first-order valence-corrected chi connectivity index (χ1v) is 9.64. The highest BCUT2D eigenvalue weighted by atomic mass is 35.5. The number of halogens is 2. The Kier molecular flexibility index (Phi) is 5.14. The Morgan fingerprint density at radius 1 is 0.967 bits per heavy atom. The molecule has 0 saturated carbocycles. The summed E-state index contributed by atoms with van der Waals surface area (Å²) in [7, 11) is 0. The van der Waals surface area contributed by atoms with Gasteiger partial charge in [0, 0.05) is 16.3 Å². The van der Waals surface area contributed by atoms with Gasteiger partial charge in [-0.15, -0.1) is 0 Å². The number of amides is 1. The van der Waals surface area contributed by atoms with Gasteiger partial charge in [-0.05, 0) is 42.8 Å². The van der Waals surface area contributed by atoms with E-state index in [1.54, 1.807) is 48.5 Å². The van der Waals surface area contributed by atoms with Crippen LogP contribution < -0.4 is 4.90 Å². The van der Waals surface area contributed by atoms with Crippen LogP contribution in [0.25, 0.3) is 5.76 Å². The monoisotopic (exact) mass is 421 g/mol. The van der Waals surface area contributed by atoms with Gasteiger partial charge >= 0.3 is 0 Å². The topological polar surface area (TPSA) is 57.6 Å². The lowest BCUT2D eigenvalue weighted by molar-refractivity contribution is -0.132. The van der Waals surface area contributed by atoms with Crippen molar-refractivity contribution in [3.63, 3.8) is 0 Å². The average molecular weight is 422 g/mol. The number of carbonyl (C=O) groups excluding carboxylic acids is 2. The van der Waals surface area contributed by atoms with Gasteiger partial charge in [0.2, 0.25) is 0 Å². The second kappa shape index (κ2) is 7.76. The molecule has 1 amide bonds. The minimum atomic E-state index is -0.953. The summed E-state index contributed by atoms with van der Waals surface area (Å²) < 4.78 is 13.4. The fraction of sp³-hybridized carbons (Fsp3) is 0.0833. The van der Waals surface area contributed by atoms with E-state index in [0.29, 0.717) is 21.8 Å². The number of hydrogen-bond donors (Lipinski definition) is 1. The summed E-state index contributed by atoms with van der Waals surface area (Å²) in [5.41, 5.74) is 2.14. The maximum absolute atomic E-state index is 13.4. The Labute approximate surface area is 177 Å². The van der Waals surface area contributed by atoms with Crippen LogP contribution in [0.15, 0.2) is 78.4 Å². The van der Waals surface area contributed by atoms with E-state index in [2.05, 4.69) is 0 Å². The number of hydrogen-bond acceptors (Lipinski definition) is 3. The smallest absolute Gasteiger partial charge is 0.300 e. The van der Waals surface area contributed by atoms with E-state index in [9.17, 15) is 19.1 Å². The summed E-state index contributed by atoms with van der Waals surface area (Å²) in [5, 5.41) is 11.3. The molecule has 0 spiro atoms. The van der Waals surface area contributed by atoms with E-state index in [1.807, 2.05) is 6.92 Å². The van der Waals surface area contributed by atoms with Gasteiger partial charge in [0.1, 0.15) is 11.6 Å². The van der Waals surface area contributed by atoms with E-state index in [1.165, 1.54) is 29.2 Å². The predicted molar refractivity (Wildman–Crippen MR) is 114 cm³/mol. The summed E-state index contributed by atoms with van der Waals surface area (Å²) in [6.07, 6.45) is 0. The van der Waals surface area contributed by atoms with Crippen LogP contribution in [0.2, 0.25) is 5.02 Å². The second-order valence-electron chi connectivity index (χ2n) is 7.03. The van der Waals surface area contributed by atoms with E-state index < -0.39 is 23.5 Å². The van der Waals surface area contributed by atoms with Crippen molar-refractivity contribution in [3.05, 3.63) is 106 Å². The number of rotatable bonds is 3. The number of carbonyl (C=O) groups is 2. The van der Waals surface area contributed by atoms with E-state index in [4.69, 9.17) is 11.6 Å². The normalized spacial score (nSPS) is 18.1. The summed E-state index contributed by atoms with van der Waals surface area (Å²) in [4.78, 5) is 27.2. The first-order valence-electron chi connectivity index (χ1n) is 9.26.